The molecule has 7 atom stereocenters. The van der Waals surface area contributed by atoms with Crippen LogP contribution < -0.4 is 0 Å². The van der Waals surface area contributed by atoms with Crippen molar-refractivity contribution < 1.29 is 9.53 Å². The molecule has 0 radical (unpaired) electrons. The lowest BCUT2D eigenvalue weighted by molar-refractivity contribution is -0.162. The number of likely N-dealkylation sites (tertiary alicyclic amines) is 1. The maximum absolute atomic E-state index is 12.2. The van der Waals surface area contributed by atoms with Crippen molar-refractivity contribution in [2.24, 2.45) is 28.6 Å². The fourth-order valence-corrected chi connectivity index (χ4v) is 7.76. The van der Waals surface area contributed by atoms with E-state index < -0.39 is 0 Å². The number of piperidine rings is 1. The third-order valence-electron chi connectivity index (χ3n) is 9.35. The summed E-state index contributed by atoms with van der Waals surface area (Å²) >= 11 is 0. The summed E-state index contributed by atoms with van der Waals surface area (Å²) in [5.41, 5.74) is 0.770. The van der Waals surface area contributed by atoms with Gasteiger partial charge in [-0.15, -0.1) is 0 Å². The minimum absolute atomic E-state index is 0.350. The first-order valence-electron chi connectivity index (χ1n) is 10.8. The van der Waals surface area contributed by atoms with E-state index in [1.165, 1.54) is 51.4 Å². The second kappa shape index (κ2) is 5.47. The predicted octanol–water partition coefficient (Wildman–Crippen LogP) is 4.40. The molecule has 1 aliphatic heterocycles. The molecule has 4 aliphatic carbocycles. The van der Waals surface area contributed by atoms with Crippen LogP contribution in [-0.2, 0) is 9.53 Å². The van der Waals surface area contributed by atoms with E-state index in [9.17, 15) is 4.79 Å². The maximum Gasteiger partial charge on any atom is 0.222 e. The van der Waals surface area contributed by atoms with E-state index in [1.807, 2.05) is 0 Å². The third kappa shape index (κ3) is 2.30. The molecule has 5 fully saturated rings. The van der Waals surface area contributed by atoms with Crippen LogP contribution in [0.2, 0.25) is 0 Å². The van der Waals surface area contributed by atoms with Gasteiger partial charge in [0.15, 0.2) is 0 Å². The van der Waals surface area contributed by atoms with Crippen LogP contribution in [0.4, 0.5) is 0 Å². The van der Waals surface area contributed by atoms with Gasteiger partial charge in [-0.3, -0.25) is 4.79 Å². The van der Waals surface area contributed by atoms with E-state index in [-0.39, 0.29) is 0 Å². The summed E-state index contributed by atoms with van der Waals surface area (Å²) in [7, 11) is 2.06. The monoisotopic (exact) mass is 345 g/mol. The van der Waals surface area contributed by atoms with Gasteiger partial charge in [-0.05, 0) is 86.4 Å². The lowest BCUT2D eigenvalue weighted by atomic mass is 9.47. The van der Waals surface area contributed by atoms with Crippen LogP contribution in [0, 0.1) is 28.6 Å². The van der Waals surface area contributed by atoms with Gasteiger partial charge < -0.3 is 9.64 Å². The van der Waals surface area contributed by atoms with E-state index >= 15 is 0 Å². The smallest absolute Gasteiger partial charge is 0.222 e. The normalized spacial score (nSPS) is 52.5. The van der Waals surface area contributed by atoms with Gasteiger partial charge >= 0.3 is 0 Å². The topological polar surface area (TPSA) is 29.5 Å². The molecule has 1 saturated heterocycles. The average Bonchev–Trinajstić information content (AvgIpc) is 3.34. The number of fused-ring (bicyclic) bond motifs is 5. The highest BCUT2D eigenvalue weighted by molar-refractivity contribution is 5.77. The summed E-state index contributed by atoms with van der Waals surface area (Å²) in [6.45, 7) is 5.08. The molecule has 0 N–H and O–H groups in total. The summed E-state index contributed by atoms with van der Waals surface area (Å²) in [6, 6.07) is 0.485. The molecule has 0 bridgehead atoms. The lowest BCUT2D eigenvalue weighted by Crippen LogP contribution is -2.61. The molecule has 25 heavy (non-hydrogen) atoms. The van der Waals surface area contributed by atoms with Crippen LogP contribution in [0.5, 0.6) is 0 Å². The van der Waals surface area contributed by atoms with Crippen molar-refractivity contribution in [3.8, 4) is 0 Å². The Hall–Kier alpha value is -0.570. The molecule has 5 aliphatic rings. The molecule has 0 aromatic heterocycles. The molecule has 0 aromatic carbocycles. The first-order chi connectivity index (χ1) is 11.9. The SMILES string of the molecule is CN1C(=O)CC[C@]2(C)[C@H]3CC[C@]4(C)C(OC5CC5)CC[C@H]4[C@@H]3CC[C@@H]12. The number of carbonyl (C=O) groups is 1. The number of nitrogens with zero attached hydrogens (tertiary/aromatic N) is 1. The Morgan fingerprint density at radius 2 is 1.68 bits per heavy atom. The van der Waals surface area contributed by atoms with Gasteiger partial charge in [0.2, 0.25) is 5.91 Å². The molecule has 5 rings (SSSR count). The summed E-state index contributed by atoms with van der Waals surface area (Å²) in [5.74, 6) is 2.92. The predicted molar refractivity (Wildman–Crippen MR) is 98.1 cm³/mol. The second-order valence-electron chi connectivity index (χ2n) is 10.4. The molecule has 3 nitrogen and oxygen atoms in total. The fraction of sp³-hybridized carbons (Fsp3) is 0.955. The second-order valence-corrected chi connectivity index (χ2v) is 10.4. The molecule has 1 heterocycles. The molecule has 140 valence electrons. The Balaban J connectivity index is 1.40. The number of carbonyl (C=O) groups excluding carboxylic acids is 1. The summed E-state index contributed by atoms with van der Waals surface area (Å²) < 4.78 is 6.48. The molecule has 1 amide bonds. The molecule has 0 spiro atoms. The molecule has 4 saturated carbocycles. The van der Waals surface area contributed by atoms with Crippen LogP contribution in [0.25, 0.3) is 0 Å². The quantitative estimate of drug-likeness (QED) is 0.742. The zero-order valence-electron chi connectivity index (χ0n) is 16.3. The van der Waals surface area contributed by atoms with Crippen molar-refractivity contribution >= 4 is 5.91 Å². The Morgan fingerprint density at radius 3 is 2.44 bits per heavy atom. The van der Waals surface area contributed by atoms with E-state index in [1.54, 1.807) is 0 Å². The van der Waals surface area contributed by atoms with Crippen molar-refractivity contribution in [1.82, 2.24) is 4.90 Å². The number of amides is 1. The highest BCUT2D eigenvalue weighted by atomic mass is 16.5. The van der Waals surface area contributed by atoms with Crippen LogP contribution in [0.15, 0.2) is 0 Å². The van der Waals surface area contributed by atoms with Gasteiger partial charge in [0.25, 0.3) is 0 Å². The maximum atomic E-state index is 12.2. The number of rotatable bonds is 2. The Kier molecular flexibility index (Phi) is 3.63. The van der Waals surface area contributed by atoms with Crippen LogP contribution in [-0.4, -0.2) is 36.1 Å². The van der Waals surface area contributed by atoms with Crippen LogP contribution in [0.3, 0.4) is 0 Å². The standard InChI is InChI=1S/C22H35NO2/c1-21-13-11-20(24)23(3)18(21)8-6-15-16-7-9-19(25-14-4-5-14)22(16,2)12-10-17(15)21/h14-19H,4-13H2,1-3H3/t15-,16-,17-,18+,19?,21+,22-/m0/s1. The van der Waals surface area contributed by atoms with Crippen LogP contribution in [0.1, 0.15) is 78.1 Å². The Bertz CT molecular complexity index is 572. The van der Waals surface area contributed by atoms with Gasteiger partial charge in [-0.25, -0.2) is 0 Å². The van der Waals surface area contributed by atoms with E-state index in [4.69, 9.17) is 4.74 Å². The Morgan fingerprint density at radius 1 is 0.920 bits per heavy atom. The summed E-state index contributed by atoms with van der Waals surface area (Å²) in [4.78, 5) is 14.4. The Labute approximate surface area is 152 Å². The van der Waals surface area contributed by atoms with Gasteiger partial charge in [-0.2, -0.15) is 0 Å². The summed E-state index contributed by atoms with van der Waals surface area (Å²) in [6.07, 6.45) is 13.5. The minimum Gasteiger partial charge on any atom is -0.374 e. The average molecular weight is 346 g/mol. The molecule has 1 unspecified atom stereocenters. The lowest BCUT2D eigenvalue weighted by Gasteiger charge is -2.61. The third-order valence-corrected chi connectivity index (χ3v) is 9.35. The number of hydrogen-bond donors (Lipinski definition) is 0. The van der Waals surface area contributed by atoms with Crippen LogP contribution >= 0.6 is 0 Å². The first-order valence-corrected chi connectivity index (χ1v) is 10.8. The van der Waals surface area contributed by atoms with Crippen molar-refractivity contribution in [2.75, 3.05) is 7.05 Å². The van der Waals surface area contributed by atoms with Gasteiger partial charge in [-0.1, -0.05) is 13.8 Å². The number of ether oxygens (including phenoxy) is 1. The zero-order valence-corrected chi connectivity index (χ0v) is 16.3. The minimum atomic E-state index is 0.350. The number of hydrogen-bond acceptors (Lipinski definition) is 2. The van der Waals surface area contributed by atoms with Gasteiger partial charge in [0.1, 0.15) is 0 Å². The van der Waals surface area contributed by atoms with Gasteiger partial charge in [0, 0.05) is 19.5 Å². The van der Waals surface area contributed by atoms with Crippen molar-refractivity contribution in [3.05, 3.63) is 0 Å². The van der Waals surface area contributed by atoms with Crippen molar-refractivity contribution in [3.63, 3.8) is 0 Å². The van der Waals surface area contributed by atoms with E-state index in [0.717, 1.165) is 30.6 Å². The highest BCUT2D eigenvalue weighted by Crippen LogP contribution is 2.65. The molecular formula is C22H35NO2. The molecule has 0 aromatic rings. The molecule has 3 heteroatoms. The summed E-state index contributed by atoms with van der Waals surface area (Å²) in [5, 5.41) is 0. The molecular weight excluding hydrogens is 310 g/mol. The largest absolute Gasteiger partial charge is 0.374 e. The van der Waals surface area contributed by atoms with E-state index in [0.29, 0.717) is 35.0 Å². The first kappa shape index (κ1) is 16.6. The highest BCUT2D eigenvalue weighted by Gasteiger charge is 2.61. The fourth-order valence-electron chi connectivity index (χ4n) is 7.76. The van der Waals surface area contributed by atoms with Gasteiger partial charge in [0.05, 0.1) is 12.2 Å². The zero-order chi connectivity index (χ0) is 17.4. The van der Waals surface area contributed by atoms with Crippen molar-refractivity contribution in [1.29, 1.82) is 0 Å². The van der Waals surface area contributed by atoms with E-state index in [2.05, 4.69) is 25.8 Å². The van der Waals surface area contributed by atoms with Crippen molar-refractivity contribution in [2.45, 2.75) is 96.3 Å².